The molecule has 1 saturated heterocycles. The van der Waals surface area contributed by atoms with Gasteiger partial charge in [-0.3, -0.25) is 23.9 Å². The number of aromatic amines is 1. The number of hydrogen-bond donors (Lipinski definition) is 3. The lowest BCUT2D eigenvalue weighted by atomic mass is 10.2. The van der Waals surface area contributed by atoms with Gasteiger partial charge in [-0.05, 0) is 17.9 Å². The first-order chi connectivity index (χ1) is 13.8. The van der Waals surface area contributed by atoms with Gasteiger partial charge in [0, 0.05) is 30.3 Å². The van der Waals surface area contributed by atoms with E-state index in [0.717, 1.165) is 0 Å². The maximum Gasteiger partial charge on any atom is 0.330 e. The number of carbonyl (C=O) groups is 2. The number of aliphatic hydroxyl groups excluding tert-OH is 1. The minimum Gasteiger partial charge on any atom is -0.481 e. The number of H-pyrrole nitrogens is 1. The van der Waals surface area contributed by atoms with Gasteiger partial charge in [0.05, 0.1) is 11.7 Å². The molecule has 156 valence electrons. The van der Waals surface area contributed by atoms with Gasteiger partial charge in [-0.1, -0.05) is 6.07 Å². The number of aromatic nitrogens is 2. The fraction of sp³-hybridized carbons (Fsp3) is 0.444. The van der Waals surface area contributed by atoms with Crippen molar-refractivity contribution >= 4 is 23.3 Å². The molecule has 11 heteroatoms. The van der Waals surface area contributed by atoms with Crippen LogP contribution < -0.4 is 11.2 Å². The summed E-state index contributed by atoms with van der Waals surface area (Å²) in [6.07, 6.45) is -1.21. The van der Waals surface area contributed by atoms with E-state index in [0.29, 0.717) is 10.4 Å². The Kier molecular flexibility index (Phi) is 6.62. The van der Waals surface area contributed by atoms with Gasteiger partial charge in [0.15, 0.2) is 0 Å². The van der Waals surface area contributed by atoms with Gasteiger partial charge in [-0.25, -0.2) is 4.79 Å². The maximum absolute atomic E-state index is 12.2. The molecular formula is C18H20N2O8S. The number of aliphatic hydroxyl groups is 1. The third kappa shape index (κ3) is 5.19. The van der Waals surface area contributed by atoms with Crippen molar-refractivity contribution in [3.05, 3.63) is 44.5 Å². The normalized spacial score (nSPS) is 21.2. The maximum atomic E-state index is 12.2. The molecule has 3 N–H and O–H groups in total. The number of carboxylic acids is 1. The first-order valence-corrected chi connectivity index (χ1v) is 9.83. The van der Waals surface area contributed by atoms with Crippen LogP contribution in [0.4, 0.5) is 0 Å². The first-order valence-electron chi connectivity index (χ1n) is 8.95. The second kappa shape index (κ2) is 9.16. The highest BCUT2D eigenvalue weighted by Crippen LogP contribution is 2.29. The first kappa shape index (κ1) is 21.0. The van der Waals surface area contributed by atoms with E-state index in [1.807, 2.05) is 0 Å². The minimum atomic E-state index is -0.997. The lowest BCUT2D eigenvalue weighted by molar-refractivity contribution is -0.150. The average Bonchev–Trinajstić information content (AvgIpc) is 3.30. The minimum absolute atomic E-state index is 0.0535. The molecule has 1 aliphatic rings. The van der Waals surface area contributed by atoms with Crippen LogP contribution in [0.2, 0.25) is 0 Å². The molecule has 0 unspecified atom stereocenters. The second-order valence-corrected chi connectivity index (χ2v) is 7.50. The average molecular weight is 424 g/mol. The van der Waals surface area contributed by atoms with Crippen LogP contribution in [0.1, 0.15) is 31.9 Å². The van der Waals surface area contributed by atoms with Gasteiger partial charge in [0.1, 0.15) is 18.9 Å². The number of nitrogens with zero attached hydrogens (tertiary/aromatic N) is 1. The molecule has 0 aliphatic carbocycles. The van der Waals surface area contributed by atoms with Gasteiger partial charge < -0.3 is 19.7 Å². The molecule has 0 bridgehead atoms. The van der Waals surface area contributed by atoms with Crippen LogP contribution in [0.5, 0.6) is 0 Å². The lowest BCUT2D eigenvalue weighted by Crippen LogP contribution is -2.33. The van der Waals surface area contributed by atoms with Crippen LogP contribution in [-0.4, -0.2) is 50.5 Å². The zero-order chi connectivity index (χ0) is 21.0. The largest absolute Gasteiger partial charge is 0.481 e. The summed E-state index contributed by atoms with van der Waals surface area (Å²) in [5.74, 6) is -1.59. The van der Waals surface area contributed by atoms with Crippen molar-refractivity contribution in [2.24, 2.45) is 0 Å². The van der Waals surface area contributed by atoms with Crippen molar-refractivity contribution in [1.29, 1.82) is 0 Å². The fourth-order valence-corrected chi connectivity index (χ4v) is 3.71. The Hall–Kier alpha value is -2.76. The molecule has 3 heterocycles. The summed E-state index contributed by atoms with van der Waals surface area (Å²) in [5.41, 5.74) is -0.871. The SMILES string of the molecule is O=C(O)CCCC(=O)OC[C@H]1O[C@@H](n2cc(-c3cccs3)c(=O)[nH]c2=O)C[C@@H]1O. The molecule has 0 radical (unpaired) electrons. The summed E-state index contributed by atoms with van der Waals surface area (Å²) in [7, 11) is 0. The zero-order valence-corrected chi connectivity index (χ0v) is 16.1. The van der Waals surface area contributed by atoms with Crippen LogP contribution in [0, 0.1) is 0 Å². The number of hydrogen-bond acceptors (Lipinski definition) is 8. The highest BCUT2D eigenvalue weighted by Gasteiger charge is 2.36. The number of carbonyl (C=O) groups excluding carboxylic acids is 1. The molecule has 0 saturated carbocycles. The summed E-state index contributed by atoms with van der Waals surface area (Å²) < 4.78 is 11.9. The number of rotatable bonds is 8. The monoisotopic (exact) mass is 424 g/mol. The van der Waals surface area contributed by atoms with E-state index in [1.165, 1.54) is 22.1 Å². The summed E-state index contributed by atoms with van der Waals surface area (Å²) in [6.45, 7) is -0.223. The Labute approximate surface area is 168 Å². The lowest BCUT2D eigenvalue weighted by Gasteiger charge is -2.16. The number of esters is 1. The number of carboxylic acid groups (broad SMARTS) is 1. The van der Waals surface area contributed by atoms with Crippen LogP contribution in [0.15, 0.2) is 33.3 Å². The molecule has 1 fully saturated rings. The van der Waals surface area contributed by atoms with Crippen molar-refractivity contribution in [2.75, 3.05) is 6.61 Å². The number of thiophene rings is 1. The second-order valence-electron chi connectivity index (χ2n) is 6.55. The van der Waals surface area contributed by atoms with Crippen LogP contribution in [-0.2, 0) is 19.1 Å². The van der Waals surface area contributed by atoms with Crippen molar-refractivity contribution in [3.8, 4) is 10.4 Å². The third-order valence-corrected chi connectivity index (χ3v) is 5.35. The van der Waals surface area contributed by atoms with Crippen LogP contribution >= 0.6 is 11.3 Å². The molecule has 1 aliphatic heterocycles. The molecule has 0 aromatic carbocycles. The van der Waals surface area contributed by atoms with Crippen molar-refractivity contribution < 1.29 is 29.3 Å². The molecule has 2 aromatic heterocycles. The number of aliphatic carboxylic acids is 1. The summed E-state index contributed by atoms with van der Waals surface area (Å²) in [5, 5.41) is 20.6. The van der Waals surface area contributed by atoms with Gasteiger partial charge in [0.25, 0.3) is 5.56 Å². The Morgan fingerprint density at radius 3 is 2.83 bits per heavy atom. The zero-order valence-electron chi connectivity index (χ0n) is 15.3. The van der Waals surface area contributed by atoms with Gasteiger partial charge in [-0.15, -0.1) is 11.3 Å². The Bertz CT molecular complexity index is 980. The molecule has 3 atom stereocenters. The topological polar surface area (TPSA) is 148 Å². The summed E-state index contributed by atoms with van der Waals surface area (Å²) >= 11 is 1.35. The smallest absolute Gasteiger partial charge is 0.330 e. The van der Waals surface area contributed by atoms with Crippen molar-refractivity contribution in [2.45, 2.75) is 44.1 Å². The fourth-order valence-electron chi connectivity index (χ4n) is 2.97. The van der Waals surface area contributed by atoms with Gasteiger partial charge in [-0.2, -0.15) is 0 Å². The summed E-state index contributed by atoms with van der Waals surface area (Å²) in [4.78, 5) is 49.4. The van der Waals surface area contributed by atoms with E-state index in [1.54, 1.807) is 17.5 Å². The van der Waals surface area contributed by atoms with Crippen molar-refractivity contribution in [1.82, 2.24) is 9.55 Å². The van der Waals surface area contributed by atoms with Crippen molar-refractivity contribution in [3.63, 3.8) is 0 Å². The Morgan fingerprint density at radius 2 is 2.14 bits per heavy atom. The molecule has 2 aromatic rings. The van der Waals surface area contributed by atoms with Gasteiger partial charge >= 0.3 is 17.6 Å². The molecule has 29 heavy (non-hydrogen) atoms. The Morgan fingerprint density at radius 1 is 1.34 bits per heavy atom. The number of ether oxygens (including phenoxy) is 2. The van der Waals surface area contributed by atoms with E-state index in [4.69, 9.17) is 14.6 Å². The molecule has 0 spiro atoms. The highest BCUT2D eigenvalue weighted by molar-refractivity contribution is 7.13. The van der Waals surface area contributed by atoms with E-state index in [2.05, 4.69) is 4.98 Å². The van der Waals surface area contributed by atoms with Gasteiger partial charge in [0.2, 0.25) is 0 Å². The summed E-state index contributed by atoms with van der Waals surface area (Å²) in [6, 6.07) is 3.53. The van der Waals surface area contributed by atoms with E-state index < -0.39 is 41.6 Å². The van der Waals surface area contributed by atoms with E-state index in [-0.39, 0.29) is 32.3 Å². The predicted molar refractivity (Wildman–Crippen MR) is 102 cm³/mol. The van der Waals surface area contributed by atoms with Crippen LogP contribution in [0.3, 0.4) is 0 Å². The quantitative estimate of drug-likeness (QED) is 0.525. The van der Waals surface area contributed by atoms with E-state index in [9.17, 15) is 24.3 Å². The number of nitrogens with one attached hydrogen (secondary N) is 1. The third-order valence-electron chi connectivity index (χ3n) is 4.45. The molecule has 10 nitrogen and oxygen atoms in total. The standard InChI is InChI=1S/C18H20N2O8S/c21-11-7-14(28-12(11)9-27-16(24)5-1-4-15(22)23)20-8-10(13-3-2-6-29-13)17(25)19-18(20)26/h2-3,6,8,11-12,14,21H,1,4-5,7,9H2,(H,22,23)(H,19,25,26)/t11-,12+,14+/m0/s1. The molecule has 3 rings (SSSR count). The predicted octanol–water partition coefficient (Wildman–Crippen LogP) is 0.712. The van der Waals surface area contributed by atoms with Crippen LogP contribution in [0.25, 0.3) is 10.4 Å². The van der Waals surface area contributed by atoms with E-state index >= 15 is 0 Å². The molecule has 0 amide bonds. The molecular weight excluding hydrogens is 404 g/mol. The Balaban J connectivity index is 1.64. The highest BCUT2D eigenvalue weighted by atomic mass is 32.1.